The molecule has 3 heterocycles. The second-order valence-corrected chi connectivity index (χ2v) is 6.08. The van der Waals surface area contributed by atoms with Gasteiger partial charge >= 0.3 is 0 Å². The van der Waals surface area contributed by atoms with Crippen LogP contribution in [0.3, 0.4) is 0 Å². The molecule has 92 valence electrons. The lowest BCUT2D eigenvalue weighted by molar-refractivity contribution is 1.18. The van der Waals surface area contributed by atoms with Crippen LogP contribution < -0.4 is 0 Å². The van der Waals surface area contributed by atoms with Gasteiger partial charge in [0.25, 0.3) is 0 Å². The minimum absolute atomic E-state index is 0.910. The van der Waals surface area contributed by atoms with Crippen LogP contribution in [0.1, 0.15) is 0 Å². The molecule has 0 fully saturated rings. The monoisotopic (exact) mass is 329 g/mol. The number of halogens is 1. The number of thiazole rings is 1. The molecule has 0 N–H and O–H groups in total. The third kappa shape index (κ3) is 1.77. The number of pyridine rings is 1. The predicted octanol–water partition coefficient (Wildman–Crippen LogP) is 4.37. The predicted molar refractivity (Wildman–Crippen MR) is 81.5 cm³/mol. The minimum Gasteiger partial charge on any atom is -0.305 e. The Hall–Kier alpha value is -1.72. The first-order chi connectivity index (χ1) is 9.31. The molecule has 0 radical (unpaired) electrons. The van der Waals surface area contributed by atoms with Crippen molar-refractivity contribution in [2.75, 3.05) is 0 Å². The van der Waals surface area contributed by atoms with Crippen molar-refractivity contribution in [3.63, 3.8) is 0 Å². The van der Waals surface area contributed by atoms with E-state index in [2.05, 4.69) is 32.0 Å². The molecular formula is C14H8BrN3S. The van der Waals surface area contributed by atoms with Gasteiger partial charge in [0, 0.05) is 12.4 Å². The summed E-state index contributed by atoms with van der Waals surface area (Å²) in [4.78, 5) is 9.28. The van der Waals surface area contributed by atoms with E-state index < -0.39 is 0 Å². The molecule has 0 aliphatic carbocycles. The van der Waals surface area contributed by atoms with E-state index in [9.17, 15) is 0 Å². The van der Waals surface area contributed by atoms with Crippen molar-refractivity contribution in [2.24, 2.45) is 0 Å². The Bertz CT molecular complexity index is 861. The van der Waals surface area contributed by atoms with E-state index in [1.807, 2.05) is 47.1 Å². The van der Waals surface area contributed by atoms with Gasteiger partial charge in [-0.05, 0) is 40.2 Å². The largest absolute Gasteiger partial charge is 0.305 e. The number of rotatable bonds is 1. The second kappa shape index (κ2) is 4.15. The van der Waals surface area contributed by atoms with Gasteiger partial charge in [-0.25, -0.2) is 9.97 Å². The molecule has 4 rings (SSSR count). The summed E-state index contributed by atoms with van der Waals surface area (Å²) in [7, 11) is 0. The average molecular weight is 330 g/mol. The summed E-state index contributed by atoms with van der Waals surface area (Å²) in [6.07, 6.45) is 4.00. The highest BCUT2D eigenvalue weighted by Crippen LogP contribution is 2.30. The number of para-hydroxylation sites is 1. The smallest absolute Gasteiger partial charge is 0.151 e. The van der Waals surface area contributed by atoms with Crippen molar-refractivity contribution in [3.8, 4) is 10.7 Å². The quantitative estimate of drug-likeness (QED) is 0.519. The summed E-state index contributed by atoms with van der Waals surface area (Å²) in [5.41, 5.74) is 2.85. The van der Waals surface area contributed by atoms with Crippen LogP contribution in [0.2, 0.25) is 0 Å². The molecule has 0 amide bonds. The van der Waals surface area contributed by atoms with E-state index in [4.69, 9.17) is 0 Å². The number of aromatic nitrogens is 3. The summed E-state index contributed by atoms with van der Waals surface area (Å²) >= 11 is 5.19. The molecule has 3 nitrogen and oxygen atoms in total. The number of hydrogen-bond acceptors (Lipinski definition) is 3. The third-order valence-corrected chi connectivity index (χ3v) is 4.63. The van der Waals surface area contributed by atoms with Crippen LogP contribution in [-0.2, 0) is 0 Å². The molecule has 5 heteroatoms. The molecule has 0 atom stereocenters. The number of nitrogens with zero attached hydrogens (tertiary/aromatic N) is 3. The van der Waals surface area contributed by atoms with E-state index in [1.54, 1.807) is 11.3 Å². The van der Waals surface area contributed by atoms with E-state index in [1.165, 1.54) is 4.70 Å². The van der Waals surface area contributed by atoms with Gasteiger partial charge in [0.2, 0.25) is 0 Å². The Morgan fingerprint density at radius 2 is 1.95 bits per heavy atom. The van der Waals surface area contributed by atoms with Crippen molar-refractivity contribution in [1.29, 1.82) is 0 Å². The molecule has 0 saturated heterocycles. The fourth-order valence-electron chi connectivity index (χ4n) is 2.06. The SMILES string of the molecule is Brc1cccn2cc(-c3nc4ccccc4s3)nc12. The molecule has 19 heavy (non-hydrogen) atoms. The summed E-state index contributed by atoms with van der Waals surface area (Å²) in [6, 6.07) is 12.1. The Morgan fingerprint density at radius 3 is 2.79 bits per heavy atom. The fourth-order valence-corrected chi connectivity index (χ4v) is 3.43. The zero-order valence-electron chi connectivity index (χ0n) is 9.75. The molecule has 4 aromatic rings. The minimum atomic E-state index is 0.910. The van der Waals surface area contributed by atoms with Gasteiger partial charge in [0.05, 0.1) is 14.7 Å². The molecule has 3 aromatic heterocycles. The topological polar surface area (TPSA) is 30.2 Å². The molecule has 1 aromatic carbocycles. The summed E-state index contributed by atoms with van der Waals surface area (Å²) in [5, 5.41) is 0.955. The second-order valence-electron chi connectivity index (χ2n) is 4.20. The highest BCUT2D eigenvalue weighted by Gasteiger charge is 2.10. The van der Waals surface area contributed by atoms with Gasteiger partial charge in [-0.1, -0.05) is 12.1 Å². The van der Waals surface area contributed by atoms with Crippen LogP contribution >= 0.6 is 27.3 Å². The maximum Gasteiger partial charge on any atom is 0.151 e. The summed E-state index contributed by atoms with van der Waals surface area (Å²) < 4.78 is 4.18. The maximum absolute atomic E-state index is 4.64. The molecule has 0 saturated carbocycles. The number of imidazole rings is 1. The van der Waals surface area contributed by atoms with Crippen molar-refractivity contribution in [1.82, 2.24) is 14.4 Å². The Balaban J connectivity index is 1.96. The average Bonchev–Trinajstić information content (AvgIpc) is 3.02. The van der Waals surface area contributed by atoms with E-state index in [0.717, 1.165) is 26.3 Å². The highest BCUT2D eigenvalue weighted by molar-refractivity contribution is 9.10. The molecule has 0 spiro atoms. The van der Waals surface area contributed by atoms with E-state index >= 15 is 0 Å². The van der Waals surface area contributed by atoms with E-state index in [-0.39, 0.29) is 0 Å². The van der Waals surface area contributed by atoms with Crippen molar-refractivity contribution < 1.29 is 0 Å². The van der Waals surface area contributed by atoms with Crippen LogP contribution in [0, 0.1) is 0 Å². The lowest BCUT2D eigenvalue weighted by Crippen LogP contribution is -1.80. The Kier molecular flexibility index (Phi) is 2.43. The van der Waals surface area contributed by atoms with Gasteiger partial charge in [-0.15, -0.1) is 11.3 Å². The van der Waals surface area contributed by atoms with Gasteiger partial charge < -0.3 is 4.40 Å². The normalized spacial score (nSPS) is 11.4. The number of benzene rings is 1. The highest BCUT2D eigenvalue weighted by atomic mass is 79.9. The Morgan fingerprint density at radius 1 is 1.05 bits per heavy atom. The zero-order valence-corrected chi connectivity index (χ0v) is 12.1. The molecule has 0 aliphatic rings. The first-order valence-electron chi connectivity index (χ1n) is 5.80. The first kappa shape index (κ1) is 11.1. The summed E-state index contributed by atoms with van der Waals surface area (Å²) in [5.74, 6) is 0. The van der Waals surface area contributed by atoms with Crippen LogP contribution in [0.5, 0.6) is 0 Å². The Labute approximate surface area is 121 Å². The molecule has 0 unspecified atom stereocenters. The van der Waals surface area contributed by atoms with Gasteiger partial charge in [-0.3, -0.25) is 0 Å². The van der Waals surface area contributed by atoms with Crippen molar-refractivity contribution in [2.45, 2.75) is 0 Å². The van der Waals surface area contributed by atoms with Crippen molar-refractivity contribution in [3.05, 3.63) is 53.3 Å². The molecule has 0 bridgehead atoms. The van der Waals surface area contributed by atoms with Crippen molar-refractivity contribution >= 4 is 43.1 Å². The zero-order chi connectivity index (χ0) is 12.8. The van der Waals surface area contributed by atoms with Gasteiger partial charge in [0.1, 0.15) is 10.7 Å². The van der Waals surface area contributed by atoms with Crippen LogP contribution in [0.25, 0.3) is 26.6 Å². The van der Waals surface area contributed by atoms with Gasteiger partial charge in [0.15, 0.2) is 5.65 Å². The maximum atomic E-state index is 4.64. The van der Waals surface area contributed by atoms with Crippen LogP contribution in [0.15, 0.2) is 53.3 Å². The first-order valence-corrected chi connectivity index (χ1v) is 7.41. The number of hydrogen-bond donors (Lipinski definition) is 0. The third-order valence-electron chi connectivity index (χ3n) is 2.95. The van der Waals surface area contributed by atoms with Crippen LogP contribution in [-0.4, -0.2) is 14.4 Å². The lowest BCUT2D eigenvalue weighted by Gasteiger charge is -1.92. The standard InChI is InChI=1S/C14H8BrN3S/c15-9-4-3-7-18-8-11(16-13(9)18)14-17-10-5-1-2-6-12(10)19-14/h1-8H. The molecule has 0 aliphatic heterocycles. The molecular weight excluding hydrogens is 322 g/mol. The lowest BCUT2D eigenvalue weighted by atomic mass is 10.3. The number of fused-ring (bicyclic) bond motifs is 2. The van der Waals surface area contributed by atoms with Gasteiger partial charge in [-0.2, -0.15) is 0 Å². The van der Waals surface area contributed by atoms with E-state index in [0.29, 0.717) is 0 Å². The summed E-state index contributed by atoms with van der Waals surface area (Å²) in [6.45, 7) is 0. The van der Waals surface area contributed by atoms with Crippen LogP contribution in [0.4, 0.5) is 0 Å². The fraction of sp³-hybridized carbons (Fsp3) is 0.